The first-order valence-electron chi connectivity index (χ1n) is 6.01. The molecule has 1 heterocycles. The van der Waals surface area contributed by atoms with Crippen LogP contribution in [0.3, 0.4) is 0 Å². The molecule has 0 saturated heterocycles. The van der Waals surface area contributed by atoms with E-state index in [1.54, 1.807) is 27.7 Å². The number of carbonyl (C=O) groups is 1. The average Bonchev–Trinajstić information content (AvgIpc) is 2.30. The summed E-state index contributed by atoms with van der Waals surface area (Å²) in [6, 6.07) is 0. The molecular formula is C13H20Cl2N2O2. The fourth-order valence-corrected chi connectivity index (χ4v) is 1.43. The number of nitrogens with one attached hydrogen (secondary N) is 1. The van der Waals surface area contributed by atoms with Crippen LogP contribution in [0.5, 0.6) is 0 Å². The lowest BCUT2D eigenvalue weighted by Gasteiger charge is -2.20. The third kappa shape index (κ3) is 6.12. The number of aromatic nitrogens is 1. The highest BCUT2D eigenvalue weighted by atomic mass is 35.5. The minimum Gasteiger partial charge on any atom is -0.444 e. The SMILES string of the molecule is CC.Cc1c(NC(=O)OC(C)(C)C)cnc(Cl)c1Cl. The van der Waals surface area contributed by atoms with Gasteiger partial charge in [-0.3, -0.25) is 5.32 Å². The Morgan fingerprint density at radius 2 is 1.84 bits per heavy atom. The molecule has 0 aliphatic carbocycles. The molecule has 0 spiro atoms. The van der Waals surface area contributed by atoms with Crippen molar-refractivity contribution in [2.45, 2.75) is 47.1 Å². The van der Waals surface area contributed by atoms with Crippen LogP contribution in [0, 0.1) is 6.92 Å². The number of halogens is 2. The summed E-state index contributed by atoms with van der Waals surface area (Å²) in [6.45, 7) is 11.1. The Balaban J connectivity index is 0.00000154. The zero-order valence-corrected chi connectivity index (χ0v) is 13.6. The normalized spacial score (nSPS) is 10.3. The lowest BCUT2D eigenvalue weighted by atomic mass is 10.2. The van der Waals surface area contributed by atoms with E-state index in [-0.39, 0.29) is 5.15 Å². The molecule has 0 aromatic carbocycles. The highest BCUT2D eigenvalue weighted by Gasteiger charge is 2.17. The smallest absolute Gasteiger partial charge is 0.412 e. The minimum absolute atomic E-state index is 0.207. The van der Waals surface area contributed by atoms with Gasteiger partial charge in [-0.2, -0.15) is 0 Å². The van der Waals surface area contributed by atoms with Gasteiger partial charge in [-0.1, -0.05) is 37.0 Å². The van der Waals surface area contributed by atoms with Gasteiger partial charge in [0, 0.05) is 0 Å². The minimum atomic E-state index is -0.555. The topological polar surface area (TPSA) is 51.2 Å². The maximum Gasteiger partial charge on any atom is 0.412 e. The van der Waals surface area contributed by atoms with Gasteiger partial charge in [0.05, 0.1) is 16.9 Å². The summed E-state index contributed by atoms with van der Waals surface area (Å²) in [4.78, 5) is 15.4. The van der Waals surface area contributed by atoms with Crippen molar-refractivity contribution in [1.29, 1.82) is 0 Å². The van der Waals surface area contributed by atoms with Crippen molar-refractivity contribution in [2.24, 2.45) is 0 Å². The molecule has 0 saturated carbocycles. The van der Waals surface area contributed by atoms with Crippen LogP contribution in [0.4, 0.5) is 10.5 Å². The largest absolute Gasteiger partial charge is 0.444 e. The summed E-state index contributed by atoms with van der Waals surface area (Å²) in [5, 5.41) is 3.10. The molecule has 0 radical (unpaired) electrons. The quantitative estimate of drug-likeness (QED) is 0.737. The van der Waals surface area contributed by atoms with Gasteiger partial charge >= 0.3 is 6.09 Å². The van der Waals surface area contributed by atoms with Gasteiger partial charge in [0.2, 0.25) is 0 Å². The van der Waals surface area contributed by atoms with E-state index in [1.165, 1.54) is 6.20 Å². The first kappa shape index (κ1) is 18.0. The Hall–Kier alpha value is -1.00. The molecule has 19 heavy (non-hydrogen) atoms. The number of anilines is 1. The van der Waals surface area contributed by atoms with E-state index < -0.39 is 11.7 Å². The van der Waals surface area contributed by atoms with Crippen LogP contribution < -0.4 is 5.32 Å². The number of hydrogen-bond acceptors (Lipinski definition) is 3. The van der Waals surface area contributed by atoms with Gasteiger partial charge in [0.25, 0.3) is 0 Å². The highest BCUT2D eigenvalue weighted by Crippen LogP contribution is 2.28. The van der Waals surface area contributed by atoms with Crippen LogP contribution in [0.1, 0.15) is 40.2 Å². The van der Waals surface area contributed by atoms with Crippen LogP contribution in [0.25, 0.3) is 0 Å². The third-order valence-electron chi connectivity index (χ3n) is 1.86. The first-order chi connectivity index (χ1) is 8.70. The Kier molecular flexibility index (Phi) is 7.16. The standard InChI is InChI=1S/C11H14Cl2N2O2.C2H6/c1-6-7(5-14-9(13)8(6)12)15-10(16)17-11(2,3)4;1-2/h5H,1-4H3,(H,15,16);1-2H3. The molecule has 1 rings (SSSR count). The fraction of sp³-hybridized carbons (Fsp3) is 0.538. The van der Waals surface area contributed by atoms with Crippen molar-refractivity contribution in [2.75, 3.05) is 5.32 Å². The number of hydrogen-bond donors (Lipinski definition) is 1. The van der Waals surface area contributed by atoms with Gasteiger partial charge in [-0.25, -0.2) is 9.78 Å². The second-order valence-electron chi connectivity index (χ2n) is 4.53. The van der Waals surface area contributed by atoms with E-state index in [1.807, 2.05) is 13.8 Å². The van der Waals surface area contributed by atoms with E-state index in [0.29, 0.717) is 16.3 Å². The van der Waals surface area contributed by atoms with Gasteiger partial charge in [-0.15, -0.1) is 0 Å². The van der Waals surface area contributed by atoms with Crippen LogP contribution in [-0.4, -0.2) is 16.7 Å². The lowest BCUT2D eigenvalue weighted by Crippen LogP contribution is -2.27. The van der Waals surface area contributed by atoms with E-state index in [9.17, 15) is 4.79 Å². The Bertz CT molecular complexity index is 443. The third-order valence-corrected chi connectivity index (χ3v) is 2.70. The molecule has 1 N–H and O–H groups in total. The molecule has 0 aliphatic heterocycles. The van der Waals surface area contributed by atoms with Gasteiger partial charge in [0.1, 0.15) is 10.8 Å². The highest BCUT2D eigenvalue weighted by molar-refractivity contribution is 6.41. The van der Waals surface area contributed by atoms with Gasteiger partial charge in [0.15, 0.2) is 0 Å². The summed E-state index contributed by atoms with van der Waals surface area (Å²) in [5.74, 6) is 0. The van der Waals surface area contributed by atoms with Crippen LogP contribution in [-0.2, 0) is 4.74 Å². The van der Waals surface area contributed by atoms with Gasteiger partial charge < -0.3 is 4.74 Å². The summed E-state index contributed by atoms with van der Waals surface area (Å²) in [7, 11) is 0. The van der Waals surface area contributed by atoms with Crippen LogP contribution in [0.2, 0.25) is 10.2 Å². The molecule has 4 nitrogen and oxygen atoms in total. The van der Waals surface area contributed by atoms with E-state index in [0.717, 1.165) is 0 Å². The maximum absolute atomic E-state index is 11.5. The molecular weight excluding hydrogens is 287 g/mol. The van der Waals surface area contributed by atoms with Crippen LogP contribution >= 0.6 is 23.2 Å². The Morgan fingerprint density at radius 3 is 2.32 bits per heavy atom. The number of amides is 1. The fourth-order valence-electron chi connectivity index (χ4n) is 1.09. The number of pyridine rings is 1. The van der Waals surface area contributed by atoms with Crippen molar-refractivity contribution in [1.82, 2.24) is 4.98 Å². The number of ether oxygens (including phenoxy) is 1. The van der Waals surface area contributed by atoms with E-state index in [2.05, 4.69) is 10.3 Å². The molecule has 0 fully saturated rings. The summed E-state index contributed by atoms with van der Waals surface area (Å²) in [6.07, 6.45) is 0.883. The van der Waals surface area contributed by atoms with Crippen molar-refractivity contribution in [3.63, 3.8) is 0 Å². The predicted octanol–water partition coefficient (Wildman–Crippen LogP) is 5.07. The first-order valence-corrected chi connectivity index (χ1v) is 6.77. The van der Waals surface area contributed by atoms with E-state index >= 15 is 0 Å². The maximum atomic E-state index is 11.5. The summed E-state index contributed by atoms with van der Waals surface area (Å²) in [5.41, 5.74) is 0.577. The number of rotatable bonds is 1. The molecule has 6 heteroatoms. The molecule has 1 aromatic heterocycles. The second kappa shape index (κ2) is 7.56. The molecule has 0 atom stereocenters. The predicted molar refractivity (Wildman–Crippen MR) is 80.2 cm³/mol. The number of nitrogens with zero attached hydrogens (tertiary/aromatic N) is 1. The van der Waals surface area contributed by atoms with Crippen molar-refractivity contribution in [3.05, 3.63) is 21.9 Å². The molecule has 1 amide bonds. The van der Waals surface area contributed by atoms with Crippen molar-refractivity contribution >= 4 is 35.0 Å². The zero-order valence-electron chi connectivity index (χ0n) is 12.1. The molecule has 0 bridgehead atoms. The molecule has 0 aliphatic rings. The Labute approximate surface area is 124 Å². The number of carbonyl (C=O) groups excluding carboxylic acids is 1. The van der Waals surface area contributed by atoms with E-state index in [4.69, 9.17) is 27.9 Å². The monoisotopic (exact) mass is 306 g/mol. The summed E-state index contributed by atoms with van der Waals surface area (Å²) < 4.78 is 5.11. The van der Waals surface area contributed by atoms with Crippen molar-refractivity contribution < 1.29 is 9.53 Å². The average molecular weight is 307 g/mol. The molecule has 0 unspecified atom stereocenters. The zero-order chi connectivity index (χ0) is 15.2. The van der Waals surface area contributed by atoms with Crippen molar-refractivity contribution in [3.8, 4) is 0 Å². The van der Waals surface area contributed by atoms with Gasteiger partial charge in [-0.05, 0) is 33.3 Å². The molecule has 1 aromatic rings. The van der Waals surface area contributed by atoms with Crippen LogP contribution in [0.15, 0.2) is 6.20 Å². The molecule has 108 valence electrons. The lowest BCUT2D eigenvalue weighted by molar-refractivity contribution is 0.0636. The second-order valence-corrected chi connectivity index (χ2v) is 5.26. The Morgan fingerprint density at radius 1 is 1.32 bits per heavy atom. The summed E-state index contributed by atoms with van der Waals surface area (Å²) >= 11 is 11.7.